The number of hydrogen-bond donors (Lipinski definition) is 1. The normalized spacial score (nSPS) is 10.8. The smallest absolute Gasteiger partial charge is 1.00 e. The number of phenolic OH excluding ortho intramolecular Hbond substituents is 1. The van der Waals surface area contributed by atoms with E-state index in [4.69, 9.17) is 0 Å². The minimum atomic E-state index is 0. The second kappa shape index (κ2) is 4.50. The van der Waals surface area contributed by atoms with Gasteiger partial charge < -0.3 is 6.53 Å². The number of aryl methyl sites for hydroxylation is 1. The van der Waals surface area contributed by atoms with Gasteiger partial charge in [0.25, 0.3) is 0 Å². The van der Waals surface area contributed by atoms with Crippen LogP contribution < -0.4 is 29.6 Å². The third-order valence-electron chi connectivity index (χ3n) is 2.05. The minimum absolute atomic E-state index is 0. The minimum Gasteiger partial charge on any atom is -1.00 e. The first-order chi connectivity index (χ1) is 5.43. The maximum Gasteiger partial charge on any atom is 1.00 e. The molecule has 0 amide bonds. The summed E-state index contributed by atoms with van der Waals surface area (Å²) in [5, 5.41) is 9.73. The fourth-order valence-corrected chi connectivity index (χ4v) is 1.26. The molecule has 0 aliphatic heterocycles. The summed E-state index contributed by atoms with van der Waals surface area (Å²) < 4.78 is 0. The standard InChI is InChI=1S/C11H16O.Na.H/c1-8-6-5-7-9(10(8)12)11(2,3)4;;/h5-7,12H,1-4H3;;/q;+1;-1. The molecule has 0 aromatic heterocycles. The first kappa shape index (κ1) is 13.0. The Labute approximate surface area is 104 Å². The van der Waals surface area contributed by atoms with E-state index in [1.165, 1.54) is 0 Å². The molecule has 68 valence electrons. The predicted octanol–water partition coefficient (Wildman–Crippen LogP) is 0.115. The van der Waals surface area contributed by atoms with Gasteiger partial charge in [0.2, 0.25) is 0 Å². The maximum absolute atomic E-state index is 9.73. The summed E-state index contributed by atoms with van der Waals surface area (Å²) in [7, 11) is 0. The van der Waals surface area contributed by atoms with Crippen molar-refractivity contribution < 1.29 is 36.1 Å². The van der Waals surface area contributed by atoms with Gasteiger partial charge in [-0.15, -0.1) is 0 Å². The molecule has 0 fully saturated rings. The summed E-state index contributed by atoms with van der Waals surface area (Å²) in [5.41, 5.74) is 1.99. The zero-order valence-corrected chi connectivity index (χ0v) is 11.2. The molecule has 0 spiro atoms. The fourth-order valence-electron chi connectivity index (χ4n) is 1.26. The van der Waals surface area contributed by atoms with Crippen LogP contribution in [-0.4, -0.2) is 5.11 Å². The topological polar surface area (TPSA) is 20.2 Å². The van der Waals surface area contributed by atoms with E-state index in [9.17, 15) is 5.11 Å². The van der Waals surface area contributed by atoms with E-state index in [1.54, 1.807) is 0 Å². The Kier molecular flexibility index (Phi) is 4.50. The molecular weight excluding hydrogens is 171 g/mol. The van der Waals surface area contributed by atoms with Crippen LogP contribution in [0.15, 0.2) is 18.2 Å². The van der Waals surface area contributed by atoms with Gasteiger partial charge in [-0.25, -0.2) is 0 Å². The summed E-state index contributed by atoms with van der Waals surface area (Å²) in [6, 6.07) is 5.88. The van der Waals surface area contributed by atoms with Crippen molar-refractivity contribution in [2.45, 2.75) is 33.1 Å². The summed E-state index contributed by atoms with van der Waals surface area (Å²) in [6.45, 7) is 8.22. The molecular formula is C11H17NaO. The van der Waals surface area contributed by atoms with Crippen LogP contribution >= 0.6 is 0 Å². The van der Waals surface area contributed by atoms with E-state index < -0.39 is 0 Å². The van der Waals surface area contributed by atoms with Crippen molar-refractivity contribution in [1.82, 2.24) is 0 Å². The molecule has 0 atom stereocenters. The van der Waals surface area contributed by atoms with Crippen LogP contribution in [0.25, 0.3) is 0 Å². The molecule has 0 saturated carbocycles. The van der Waals surface area contributed by atoms with Crippen LogP contribution in [0.5, 0.6) is 5.75 Å². The predicted molar refractivity (Wildman–Crippen MR) is 52.7 cm³/mol. The second-order valence-electron chi connectivity index (χ2n) is 4.22. The molecule has 0 saturated heterocycles. The van der Waals surface area contributed by atoms with Gasteiger partial charge in [0.15, 0.2) is 0 Å². The summed E-state index contributed by atoms with van der Waals surface area (Å²) in [6.07, 6.45) is 0. The average molecular weight is 188 g/mol. The Balaban J connectivity index is 0. The molecule has 0 aliphatic rings. The van der Waals surface area contributed by atoms with Crippen molar-refractivity contribution in [3.8, 4) is 5.75 Å². The van der Waals surface area contributed by atoms with Crippen molar-refractivity contribution in [1.29, 1.82) is 0 Å². The van der Waals surface area contributed by atoms with Crippen LogP contribution in [-0.2, 0) is 5.41 Å². The molecule has 13 heavy (non-hydrogen) atoms. The first-order valence-electron chi connectivity index (χ1n) is 4.22. The Morgan fingerprint density at radius 1 is 1.23 bits per heavy atom. The largest absolute Gasteiger partial charge is 1.00 e. The average Bonchev–Trinajstić information content (AvgIpc) is 1.92. The molecule has 1 aromatic carbocycles. The molecule has 0 unspecified atom stereocenters. The zero-order chi connectivity index (χ0) is 9.35. The quantitative estimate of drug-likeness (QED) is 0.573. The molecule has 1 rings (SSSR count). The fraction of sp³-hybridized carbons (Fsp3) is 0.455. The molecule has 0 radical (unpaired) electrons. The number of para-hydroxylation sites is 1. The molecule has 1 aromatic rings. The Morgan fingerprint density at radius 3 is 2.15 bits per heavy atom. The zero-order valence-electron chi connectivity index (χ0n) is 10.2. The summed E-state index contributed by atoms with van der Waals surface area (Å²) >= 11 is 0. The van der Waals surface area contributed by atoms with Gasteiger partial charge >= 0.3 is 29.6 Å². The monoisotopic (exact) mass is 188 g/mol. The Morgan fingerprint density at radius 2 is 1.77 bits per heavy atom. The maximum atomic E-state index is 9.73. The number of phenols is 1. The van der Waals surface area contributed by atoms with Crippen molar-refractivity contribution in [3.05, 3.63) is 29.3 Å². The van der Waals surface area contributed by atoms with Gasteiger partial charge in [0, 0.05) is 0 Å². The van der Waals surface area contributed by atoms with Gasteiger partial charge in [0.05, 0.1) is 0 Å². The molecule has 2 heteroatoms. The molecule has 1 nitrogen and oxygen atoms in total. The van der Waals surface area contributed by atoms with Gasteiger partial charge in [-0.05, 0) is 23.5 Å². The Hall–Kier alpha value is 0.0200. The molecule has 1 N–H and O–H groups in total. The van der Waals surface area contributed by atoms with Crippen molar-refractivity contribution in [3.63, 3.8) is 0 Å². The van der Waals surface area contributed by atoms with Gasteiger partial charge in [-0.2, -0.15) is 0 Å². The first-order valence-corrected chi connectivity index (χ1v) is 4.22. The SMILES string of the molecule is Cc1cccc(C(C)(C)C)c1O.[H-].[Na+]. The van der Waals surface area contributed by atoms with Crippen molar-refractivity contribution >= 4 is 0 Å². The van der Waals surface area contributed by atoms with Crippen molar-refractivity contribution in [2.75, 3.05) is 0 Å². The van der Waals surface area contributed by atoms with Gasteiger partial charge in [-0.3, -0.25) is 0 Å². The second-order valence-corrected chi connectivity index (χ2v) is 4.22. The third kappa shape index (κ3) is 3.01. The molecule has 0 heterocycles. The van der Waals surface area contributed by atoms with E-state index in [0.717, 1.165) is 11.1 Å². The van der Waals surface area contributed by atoms with E-state index >= 15 is 0 Å². The van der Waals surface area contributed by atoms with Gasteiger partial charge in [0.1, 0.15) is 5.75 Å². The van der Waals surface area contributed by atoms with Crippen LogP contribution in [0.3, 0.4) is 0 Å². The van der Waals surface area contributed by atoms with Gasteiger partial charge in [-0.1, -0.05) is 39.0 Å². The van der Waals surface area contributed by atoms with E-state index in [1.807, 2.05) is 25.1 Å². The number of benzene rings is 1. The van der Waals surface area contributed by atoms with E-state index in [-0.39, 0.29) is 36.4 Å². The summed E-state index contributed by atoms with van der Waals surface area (Å²) in [5.74, 6) is 0.435. The third-order valence-corrected chi connectivity index (χ3v) is 2.05. The number of aromatic hydroxyl groups is 1. The van der Waals surface area contributed by atoms with Crippen LogP contribution in [0.1, 0.15) is 33.3 Å². The Bertz CT molecular complexity index is 292. The van der Waals surface area contributed by atoms with Crippen LogP contribution in [0, 0.1) is 6.92 Å². The number of hydrogen-bond acceptors (Lipinski definition) is 1. The van der Waals surface area contributed by atoms with Crippen LogP contribution in [0.4, 0.5) is 0 Å². The van der Waals surface area contributed by atoms with Crippen LogP contribution in [0.2, 0.25) is 0 Å². The van der Waals surface area contributed by atoms with E-state index in [0.29, 0.717) is 5.75 Å². The molecule has 0 aliphatic carbocycles. The number of rotatable bonds is 0. The van der Waals surface area contributed by atoms with E-state index in [2.05, 4.69) is 20.8 Å². The summed E-state index contributed by atoms with van der Waals surface area (Å²) in [4.78, 5) is 0. The van der Waals surface area contributed by atoms with Crippen molar-refractivity contribution in [2.24, 2.45) is 0 Å². The molecule has 0 bridgehead atoms.